The Morgan fingerprint density at radius 2 is 1.86 bits per heavy atom. The number of thioether (sulfide) groups is 1. The highest BCUT2D eigenvalue weighted by Gasteiger charge is 2.70. The highest BCUT2D eigenvalue weighted by Crippen LogP contribution is 2.68. The molecule has 3 fully saturated rings. The maximum Gasteiger partial charge on any atom is 0.327 e. The van der Waals surface area contributed by atoms with Crippen LogP contribution in [-0.4, -0.2) is 56.3 Å². The van der Waals surface area contributed by atoms with Crippen molar-refractivity contribution >= 4 is 40.9 Å². The molecule has 2 amide bonds. The number of imide groups is 1. The number of rotatable bonds is 5. The molecule has 3 heterocycles. The molecule has 6 rings (SSSR count). The van der Waals surface area contributed by atoms with Gasteiger partial charge in [-0.25, -0.2) is 4.79 Å². The topological polar surface area (TPSA) is 137 Å². The van der Waals surface area contributed by atoms with E-state index in [-0.39, 0.29) is 51.4 Å². The number of aliphatic carboxylic acids is 1. The molecule has 2 saturated carbocycles. The number of phenolic OH excluding ortho intramolecular Hbond substituents is 1. The number of H-pyrrole nitrogens is 1. The largest absolute Gasteiger partial charge is 0.504 e. The quantitative estimate of drug-likeness (QED) is 0.502. The van der Waals surface area contributed by atoms with Crippen molar-refractivity contribution in [2.24, 2.45) is 35.5 Å². The van der Waals surface area contributed by atoms with Crippen LogP contribution in [-0.2, 0) is 14.4 Å². The summed E-state index contributed by atoms with van der Waals surface area (Å²) in [6.07, 6.45) is 0.716. The van der Waals surface area contributed by atoms with Gasteiger partial charge in [-0.1, -0.05) is 31.3 Å². The minimum atomic E-state index is -1.18. The lowest BCUT2D eigenvalue weighted by atomic mass is 9.68. The summed E-state index contributed by atoms with van der Waals surface area (Å²) in [7, 11) is 1.48. The Morgan fingerprint density at radius 3 is 2.50 bits per heavy atom. The summed E-state index contributed by atoms with van der Waals surface area (Å²) < 4.78 is 5.35. The van der Waals surface area contributed by atoms with E-state index in [4.69, 9.17) is 4.74 Å². The second-order valence-corrected chi connectivity index (χ2v) is 12.7. The Balaban J connectivity index is 1.45. The summed E-state index contributed by atoms with van der Waals surface area (Å²) in [5.41, 5.74) is 0.875. The van der Waals surface area contributed by atoms with Gasteiger partial charge in [0, 0.05) is 16.0 Å². The zero-order chi connectivity index (χ0) is 25.6. The van der Waals surface area contributed by atoms with E-state index < -0.39 is 29.8 Å². The van der Waals surface area contributed by atoms with E-state index in [1.165, 1.54) is 7.11 Å². The number of aromatic hydroxyl groups is 1. The molecule has 2 bridgehead atoms. The molecule has 2 aliphatic carbocycles. The van der Waals surface area contributed by atoms with Gasteiger partial charge in [-0.3, -0.25) is 19.3 Å². The van der Waals surface area contributed by atoms with Gasteiger partial charge < -0.3 is 19.9 Å². The first kappa shape index (κ1) is 23.6. The Hall–Kier alpha value is -2.79. The number of hydrogen-bond donors (Lipinski definition) is 3. The Kier molecular flexibility index (Phi) is 5.31. The predicted molar refractivity (Wildman–Crippen MR) is 131 cm³/mol. The number of likely N-dealkylation sites (tertiary alicyclic amines) is 1. The average molecular weight is 531 g/mol. The molecule has 9 nitrogen and oxygen atoms in total. The summed E-state index contributed by atoms with van der Waals surface area (Å²) in [6, 6.07) is 3.99. The maximum absolute atomic E-state index is 13.7. The first-order valence-corrected chi connectivity index (χ1v) is 13.7. The lowest BCUT2D eigenvalue weighted by Crippen LogP contribution is -2.49. The first-order valence-electron chi connectivity index (χ1n) is 12.0. The van der Waals surface area contributed by atoms with Crippen LogP contribution in [0.2, 0.25) is 0 Å². The van der Waals surface area contributed by atoms with Crippen molar-refractivity contribution in [1.82, 2.24) is 9.88 Å². The van der Waals surface area contributed by atoms with Crippen LogP contribution in [0, 0.1) is 35.5 Å². The van der Waals surface area contributed by atoms with E-state index in [1.807, 2.05) is 6.07 Å². The maximum atomic E-state index is 13.7. The third-order valence-electron chi connectivity index (χ3n) is 8.48. The minimum Gasteiger partial charge on any atom is -0.504 e. The normalized spacial score (nSPS) is 33.0. The van der Waals surface area contributed by atoms with Gasteiger partial charge >= 0.3 is 10.8 Å². The van der Waals surface area contributed by atoms with E-state index in [0.29, 0.717) is 12.2 Å². The fourth-order valence-electron chi connectivity index (χ4n) is 7.27. The number of carbonyl (C=O) groups excluding carboxylic acids is 2. The van der Waals surface area contributed by atoms with Crippen molar-refractivity contribution in [2.45, 2.75) is 42.5 Å². The monoisotopic (exact) mass is 530 g/mol. The lowest BCUT2D eigenvalue weighted by molar-refractivity contribution is -0.157. The van der Waals surface area contributed by atoms with Crippen LogP contribution in [0.5, 0.6) is 11.5 Å². The molecule has 2 aliphatic heterocycles. The number of carboxylic acids is 1. The Bertz CT molecular complexity index is 1350. The van der Waals surface area contributed by atoms with Gasteiger partial charge in [-0.2, -0.15) is 0 Å². The first-order chi connectivity index (χ1) is 17.1. The summed E-state index contributed by atoms with van der Waals surface area (Å²) >= 11 is 2.73. The van der Waals surface area contributed by atoms with Gasteiger partial charge in [0.2, 0.25) is 11.8 Å². The number of carbonyl (C=O) groups is 3. The van der Waals surface area contributed by atoms with Gasteiger partial charge in [0.25, 0.3) is 0 Å². The molecule has 190 valence electrons. The van der Waals surface area contributed by atoms with Crippen molar-refractivity contribution in [3.8, 4) is 11.5 Å². The van der Waals surface area contributed by atoms with Crippen LogP contribution < -0.4 is 9.61 Å². The molecule has 11 heteroatoms. The molecule has 3 N–H and O–H groups in total. The number of nitrogens with zero attached hydrogens (tertiary/aromatic N) is 1. The third-order valence-corrected chi connectivity index (χ3v) is 11.1. The summed E-state index contributed by atoms with van der Waals surface area (Å²) in [6.45, 7) is 3.42. The SMILES string of the molecule is COc1cc([C@@H]2c3sc(=O)[nH]c3S[C@@H]3[C@H]4C[C@@H]([C@H]5C(=O)N([C@@H](C(=O)O)C(C)C)C(=O)[C@@H]45)[C@@H]23)ccc1O. The molecule has 1 aromatic heterocycles. The lowest BCUT2D eigenvalue weighted by Gasteiger charge is -2.43. The fourth-order valence-corrected chi connectivity index (χ4v) is 10.2. The van der Waals surface area contributed by atoms with Crippen molar-refractivity contribution in [3.63, 3.8) is 0 Å². The number of aromatic nitrogens is 1. The molecule has 0 unspecified atom stereocenters. The number of aromatic amines is 1. The number of amides is 2. The smallest absolute Gasteiger partial charge is 0.327 e. The Morgan fingerprint density at radius 1 is 1.17 bits per heavy atom. The van der Waals surface area contributed by atoms with Crippen LogP contribution in [0.15, 0.2) is 28.0 Å². The number of phenols is 1. The summed E-state index contributed by atoms with van der Waals surface area (Å²) in [4.78, 5) is 56.4. The second kappa shape index (κ2) is 8.11. The van der Waals surface area contributed by atoms with Crippen LogP contribution in [0.4, 0.5) is 0 Å². The number of hydrogen-bond acceptors (Lipinski definition) is 8. The minimum absolute atomic E-state index is 0.00201. The van der Waals surface area contributed by atoms with E-state index in [1.54, 1.807) is 37.7 Å². The van der Waals surface area contributed by atoms with Crippen molar-refractivity contribution in [3.05, 3.63) is 38.3 Å². The highest BCUT2D eigenvalue weighted by atomic mass is 32.2. The van der Waals surface area contributed by atoms with Crippen LogP contribution >= 0.6 is 23.1 Å². The number of carboxylic acid groups (broad SMARTS) is 1. The number of methoxy groups -OCH3 is 1. The third kappa shape index (κ3) is 3.08. The van der Waals surface area contributed by atoms with Crippen molar-refractivity contribution in [2.75, 3.05) is 7.11 Å². The summed E-state index contributed by atoms with van der Waals surface area (Å²) in [5, 5.41) is 20.8. The van der Waals surface area contributed by atoms with Gasteiger partial charge in [-0.05, 0) is 47.8 Å². The highest BCUT2D eigenvalue weighted by molar-refractivity contribution is 8.00. The van der Waals surface area contributed by atoms with E-state index in [0.717, 1.165) is 31.7 Å². The van der Waals surface area contributed by atoms with Crippen LogP contribution in [0.3, 0.4) is 0 Å². The van der Waals surface area contributed by atoms with E-state index in [9.17, 15) is 29.4 Å². The van der Waals surface area contributed by atoms with Crippen molar-refractivity contribution < 1.29 is 29.3 Å². The predicted octanol–water partition coefficient (Wildman–Crippen LogP) is 2.73. The number of thiazole rings is 1. The van der Waals surface area contributed by atoms with Crippen LogP contribution in [0.25, 0.3) is 0 Å². The second-order valence-electron chi connectivity index (χ2n) is 10.5. The molecular formula is C25H26N2O7S2. The average Bonchev–Trinajstić information content (AvgIpc) is 3.54. The van der Waals surface area contributed by atoms with Crippen LogP contribution in [0.1, 0.15) is 36.6 Å². The number of benzene rings is 1. The number of ether oxygens (including phenoxy) is 1. The zero-order valence-electron chi connectivity index (χ0n) is 19.8. The molecule has 8 atom stereocenters. The number of nitrogens with one attached hydrogen (secondary N) is 1. The molecule has 1 saturated heterocycles. The van der Waals surface area contributed by atoms with Gasteiger partial charge in [0.05, 0.1) is 24.0 Å². The van der Waals surface area contributed by atoms with Gasteiger partial charge in [0.1, 0.15) is 6.04 Å². The fraction of sp³-hybridized carbons (Fsp3) is 0.520. The molecule has 0 radical (unpaired) electrons. The zero-order valence-corrected chi connectivity index (χ0v) is 21.5. The summed E-state index contributed by atoms with van der Waals surface area (Å²) in [5.74, 6) is -3.49. The van der Waals surface area contributed by atoms with Gasteiger partial charge in [-0.15, -0.1) is 11.8 Å². The molecule has 0 spiro atoms. The molecule has 1 aromatic carbocycles. The molecule has 2 aromatic rings. The van der Waals surface area contributed by atoms with Crippen molar-refractivity contribution in [1.29, 1.82) is 0 Å². The Labute approximate surface area is 214 Å². The standard InChI is InChI=1S/C25H26N2O7S2/c1-8(2)18(24(31)32)27-22(29)16-10-7-11(17(16)23(27)30)19-15(10)14(20-21(35-19)26-25(33)36-20)9-4-5-12(28)13(6-9)34-3/h4-6,8,10-11,14-19,28H,7H2,1-3H3,(H,26,33)(H,31,32)/t10-,11+,14+,15+,16-,17+,18-,19-/m1/s1. The van der Waals surface area contributed by atoms with Gasteiger partial charge in [0.15, 0.2) is 11.5 Å². The van der Waals surface area contributed by atoms with E-state index in [2.05, 4.69) is 4.98 Å². The number of fused-ring (bicyclic) bond motifs is 9. The molecular weight excluding hydrogens is 504 g/mol. The van der Waals surface area contributed by atoms with E-state index >= 15 is 0 Å². The molecule has 4 aliphatic rings. The molecule has 36 heavy (non-hydrogen) atoms.